The summed E-state index contributed by atoms with van der Waals surface area (Å²) in [6.45, 7) is 0.0975. The van der Waals surface area contributed by atoms with Crippen LogP contribution in [0.3, 0.4) is 0 Å². The summed E-state index contributed by atoms with van der Waals surface area (Å²) in [6, 6.07) is 24.8. The van der Waals surface area contributed by atoms with E-state index in [1.807, 2.05) is 48.5 Å². The number of carbonyl (C=O) groups is 2. The van der Waals surface area contributed by atoms with Gasteiger partial charge in [-0.2, -0.15) is 0 Å². The zero-order valence-corrected chi connectivity index (χ0v) is 26.3. The molecule has 4 N–H and O–H groups in total. The molecule has 3 atom stereocenters. The fourth-order valence-electron chi connectivity index (χ4n) is 6.27. The van der Waals surface area contributed by atoms with Crippen molar-refractivity contribution in [2.75, 3.05) is 24.3 Å². The maximum atomic E-state index is 15.4. The first-order chi connectivity index (χ1) is 22.2. The molecule has 2 heterocycles. The molecule has 0 spiro atoms. The van der Waals surface area contributed by atoms with Crippen LogP contribution in [0.15, 0.2) is 97.2 Å². The summed E-state index contributed by atoms with van der Waals surface area (Å²) in [5.41, 5.74) is 7.76. The van der Waals surface area contributed by atoms with E-state index in [0.29, 0.717) is 34.3 Å². The normalized spacial score (nSPS) is 20.6. The van der Waals surface area contributed by atoms with E-state index in [1.54, 1.807) is 49.7 Å². The van der Waals surface area contributed by atoms with Crippen LogP contribution in [0.25, 0.3) is 0 Å². The summed E-state index contributed by atoms with van der Waals surface area (Å²) >= 11 is 6.03. The summed E-state index contributed by atoms with van der Waals surface area (Å²) in [7, 11) is 1.56. The summed E-state index contributed by atoms with van der Waals surface area (Å²) in [5, 5.41) is 6.16. The lowest BCUT2D eigenvalue weighted by atomic mass is 9.82. The molecule has 4 aromatic rings. The van der Waals surface area contributed by atoms with Crippen molar-refractivity contribution in [2.24, 2.45) is 11.7 Å². The van der Waals surface area contributed by atoms with Gasteiger partial charge >= 0.3 is 6.03 Å². The number of aromatic nitrogens is 1. The Balaban J connectivity index is 1.30. The van der Waals surface area contributed by atoms with Crippen molar-refractivity contribution in [1.82, 2.24) is 9.88 Å². The average molecular weight is 642 g/mol. The van der Waals surface area contributed by atoms with Crippen molar-refractivity contribution in [3.8, 4) is 0 Å². The number of nitrogens with two attached hydrogens (primary N) is 1. The van der Waals surface area contributed by atoms with Crippen LogP contribution in [-0.4, -0.2) is 41.5 Å². The highest BCUT2D eigenvalue weighted by atomic mass is 35.5. The quantitative estimate of drug-likeness (QED) is 0.172. The minimum Gasteiger partial charge on any atom is -0.372 e. The Labute approximate surface area is 273 Å². The fraction of sp³-hybridized carbons (Fsp3) is 0.306. The molecule has 1 unspecified atom stereocenters. The van der Waals surface area contributed by atoms with Crippen LogP contribution in [0.4, 0.5) is 20.6 Å². The fourth-order valence-corrected chi connectivity index (χ4v) is 6.39. The van der Waals surface area contributed by atoms with Crippen LogP contribution in [0.2, 0.25) is 5.02 Å². The van der Waals surface area contributed by atoms with Crippen molar-refractivity contribution in [3.05, 3.63) is 125 Å². The number of urea groups is 1. The number of likely N-dealkylation sites (tertiary alicyclic amines) is 1. The van der Waals surface area contributed by atoms with E-state index in [-0.39, 0.29) is 18.7 Å². The number of halogens is 2. The highest BCUT2D eigenvalue weighted by Gasteiger charge is 2.50. The van der Waals surface area contributed by atoms with Gasteiger partial charge in [0.15, 0.2) is 0 Å². The number of nitrogens with zero attached hydrogens (tertiary/aromatic N) is 2. The van der Waals surface area contributed by atoms with Gasteiger partial charge in [0.05, 0.1) is 23.5 Å². The molecular formula is C36H37ClFN5O3. The summed E-state index contributed by atoms with van der Waals surface area (Å²) < 4.78 is 21.4. The van der Waals surface area contributed by atoms with Crippen molar-refractivity contribution in [1.29, 1.82) is 0 Å². The lowest BCUT2D eigenvalue weighted by Crippen LogP contribution is -2.45. The highest BCUT2D eigenvalue weighted by molar-refractivity contribution is 6.30. The third kappa shape index (κ3) is 6.63. The Bertz CT molecular complexity index is 1690. The van der Waals surface area contributed by atoms with E-state index in [2.05, 4.69) is 15.6 Å². The summed E-state index contributed by atoms with van der Waals surface area (Å²) in [4.78, 5) is 33.7. The standard InChI is InChI=1S/C36H37ClFN5O3/c1-46-35(25-7-3-2-4-8-25)22-31(43(23-35)34(45)41-28-15-13-27(37)14-16-28)33(44)42-30-21-26(12-17-29(30)38)36(39,19-18-24-10-11-24)32-9-5-6-20-40-32/h2-9,12-17,20-21,24,31H,10-11,18-19,22-23,39H2,1H3,(H,41,45)(H,42,44)/t31-,35-,36?/m1/s1. The van der Waals surface area contributed by atoms with Crippen molar-refractivity contribution >= 4 is 34.9 Å². The highest BCUT2D eigenvalue weighted by Crippen LogP contribution is 2.41. The van der Waals surface area contributed by atoms with Crippen LogP contribution in [0.1, 0.15) is 48.9 Å². The number of rotatable bonds is 10. The van der Waals surface area contributed by atoms with Crippen LogP contribution >= 0.6 is 11.6 Å². The molecule has 1 aliphatic heterocycles. The van der Waals surface area contributed by atoms with Crippen molar-refractivity contribution < 1.29 is 18.7 Å². The molecule has 2 fully saturated rings. The van der Waals surface area contributed by atoms with E-state index in [4.69, 9.17) is 22.1 Å². The molecule has 6 rings (SSSR count). The third-order valence-electron chi connectivity index (χ3n) is 9.18. The molecule has 8 nitrogen and oxygen atoms in total. The van der Waals surface area contributed by atoms with Gasteiger partial charge in [0.25, 0.3) is 0 Å². The maximum Gasteiger partial charge on any atom is 0.322 e. The van der Waals surface area contributed by atoms with Gasteiger partial charge in [-0.3, -0.25) is 9.78 Å². The van der Waals surface area contributed by atoms with Crippen molar-refractivity contribution in [3.63, 3.8) is 0 Å². The molecule has 10 heteroatoms. The number of ether oxygens (including phenoxy) is 1. The third-order valence-corrected chi connectivity index (χ3v) is 9.43. The Kier molecular flexibility index (Phi) is 9.08. The topological polar surface area (TPSA) is 110 Å². The van der Waals surface area contributed by atoms with Crippen LogP contribution < -0.4 is 16.4 Å². The Morgan fingerprint density at radius 3 is 2.46 bits per heavy atom. The van der Waals surface area contributed by atoms with Crippen LogP contribution in [-0.2, 0) is 20.7 Å². The van der Waals surface area contributed by atoms with Gasteiger partial charge in [-0.05, 0) is 78.4 Å². The zero-order valence-electron chi connectivity index (χ0n) is 25.6. The molecule has 1 saturated carbocycles. The second-order valence-corrected chi connectivity index (χ2v) is 12.6. The Morgan fingerprint density at radius 2 is 1.78 bits per heavy atom. The Hall–Kier alpha value is -4.31. The summed E-state index contributed by atoms with van der Waals surface area (Å²) in [5.74, 6) is -0.529. The van der Waals surface area contributed by atoms with Crippen molar-refractivity contribution in [2.45, 2.75) is 49.3 Å². The molecule has 0 radical (unpaired) electrons. The van der Waals surface area contributed by atoms with E-state index >= 15 is 4.39 Å². The van der Waals surface area contributed by atoms with Gasteiger partial charge in [-0.25, -0.2) is 9.18 Å². The minimum absolute atomic E-state index is 0.0210. The first-order valence-corrected chi connectivity index (χ1v) is 15.8. The predicted molar refractivity (Wildman–Crippen MR) is 177 cm³/mol. The molecule has 3 aromatic carbocycles. The number of carbonyl (C=O) groups excluding carboxylic acids is 2. The average Bonchev–Trinajstić information content (AvgIpc) is 3.83. The summed E-state index contributed by atoms with van der Waals surface area (Å²) in [6.07, 6.45) is 5.76. The number of methoxy groups -OCH3 is 1. The Morgan fingerprint density at radius 1 is 1.04 bits per heavy atom. The SMILES string of the molecule is CO[C@]1(c2ccccc2)C[C@H](C(=O)Nc2cc(C(N)(CCC3CC3)c3ccccn3)ccc2F)N(C(=O)Nc2ccc(Cl)cc2)C1. The number of amides is 3. The largest absolute Gasteiger partial charge is 0.372 e. The van der Waals surface area contributed by atoms with E-state index in [1.165, 1.54) is 23.8 Å². The molecule has 1 aromatic heterocycles. The number of anilines is 2. The first-order valence-electron chi connectivity index (χ1n) is 15.5. The molecular weight excluding hydrogens is 605 g/mol. The molecule has 0 bridgehead atoms. The number of benzene rings is 3. The molecule has 3 amide bonds. The molecule has 46 heavy (non-hydrogen) atoms. The minimum atomic E-state index is -0.983. The molecule has 1 saturated heterocycles. The van der Waals surface area contributed by atoms with E-state index < -0.39 is 34.9 Å². The first kappa shape index (κ1) is 31.7. The second-order valence-electron chi connectivity index (χ2n) is 12.2. The van der Waals surface area contributed by atoms with Gasteiger partial charge in [0, 0.05) is 30.4 Å². The lowest BCUT2D eigenvalue weighted by molar-refractivity contribution is -0.119. The number of hydrogen-bond donors (Lipinski definition) is 3. The number of hydrogen-bond acceptors (Lipinski definition) is 5. The number of pyridine rings is 1. The van der Waals surface area contributed by atoms with Gasteiger partial charge in [0.1, 0.15) is 17.5 Å². The van der Waals surface area contributed by atoms with Gasteiger partial charge < -0.3 is 26.0 Å². The number of nitrogens with one attached hydrogen (secondary N) is 2. The monoisotopic (exact) mass is 641 g/mol. The molecule has 2 aliphatic rings. The maximum absolute atomic E-state index is 15.4. The van der Waals surface area contributed by atoms with E-state index in [0.717, 1.165) is 12.0 Å². The van der Waals surface area contributed by atoms with Crippen LogP contribution in [0, 0.1) is 11.7 Å². The predicted octanol–water partition coefficient (Wildman–Crippen LogP) is 7.05. The molecule has 238 valence electrons. The lowest BCUT2D eigenvalue weighted by Gasteiger charge is -2.30. The van der Waals surface area contributed by atoms with Gasteiger partial charge in [0.2, 0.25) is 5.91 Å². The zero-order chi connectivity index (χ0) is 32.3. The van der Waals surface area contributed by atoms with Gasteiger partial charge in [-0.1, -0.05) is 66.9 Å². The van der Waals surface area contributed by atoms with Crippen LogP contribution in [0.5, 0.6) is 0 Å². The smallest absolute Gasteiger partial charge is 0.322 e. The second kappa shape index (κ2) is 13.2. The molecule has 1 aliphatic carbocycles. The van der Waals surface area contributed by atoms with E-state index in [9.17, 15) is 9.59 Å². The van der Waals surface area contributed by atoms with Gasteiger partial charge in [-0.15, -0.1) is 0 Å².